The molecule has 0 spiro atoms. The number of hydrogen-bond donors (Lipinski definition) is 1. The van der Waals surface area contributed by atoms with Crippen LogP contribution in [0.25, 0.3) is 0 Å². The third-order valence-electron chi connectivity index (χ3n) is 3.56. The zero-order valence-corrected chi connectivity index (χ0v) is 13.2. The molecular formula is C15H16N4O2S. The molecule has 0 atom stereocenters. The molecule has 2 N–H and O–H groups in total. The molecule has 1 aromatic heterocycles. The Kier molecular flexibility index (Phi) is 3.89. The number of aromatic nitrogens is 2. The molecule has 0 bridgehead atoms. The predicted octanol–water partition coefficient (Wildman–Crippen LogP) is 1.88. The largest absolute Gasteiger partial charge is 0.497 e. The minimum absolute atomic E-state index is 0.00919. The van der Waals surface area contributed by atoms with Crippen molar-refractivity contribution in [1.82, 2.24) is 9.97 Å². The van der Waals surface area contributed by atoms with Crippen molar-refractivity contribution in [3.8, 4) is 5.75 Å². The van der Waals surface area contributed by atoms with E-state index in [2.05, 4.69) is 9.97 Å². The summed E-state index contributed by atoms with van der Waals surface area (Å²) in [5.41, 5.74) is 7.67. The van der Waals surface area contributed by atoms with Crippen LogP contribution in [0.15, 0.2) is 29.4 Å². The van der Waals surface area contributed by atoms with Crippen LogP contribution in [-0.4, -0.2) is 29.2 Å². The summed E-state index contributed by atoms with van der Waals surface area (Å²) in [5.74, 6) is 1.79. The highest BCUT2D eigenvalue weighted by molar-refractivity contribution is 7.98. The van der Waals surface area contributed by atoms with Gasteiger partial charge in [0, 0.05) is 5.56 Å². The summed E-state index contributed by atoms with van der Waals surface area (Å²) in [4.78, 5) is 22.6. The summed E-state index contributed by atoms with van der Waals surface area (Å²) in [6, 6.07) is 7.62. The molecule has 0 aliphatic carbocycles. The highest BCUT2D eigenvalue weighted by Crippen LogP contribution is 2.33. The minimum atomic E-state index is -0.00919. The molecule has 1 aliphatic rings. The molecule has 1 amide bonds. The first kappa shape index (κ1) is 14.6. The maximum atomic E-state index is 12.3. The number of amides is 1. The van der Waals surface area contributed by atoms with E-state index in [1.807, 2.05) is 30.5 Å². The smallest absolute Gasteiger partial charge is 0.233 e. The fourth-order valence-electron chi connectivity index (χ4n) is 2.39. The van der Waals surface area contributed by atoms with Gasteiger partial charge >= 0.3 is 0 Å². The number of ether oxygens (including phenoxy) is 1. The van der Waals surface area contributed by atoms with Crippen molar-refractivity contribution in [3.05, 3.63) is 35.4 Å². The topological polar surface area (TPSA) is 81.3 Å². The molecule has 1 aromatic carbocycles. The zero-order chi connectivity index (χ0) is 15.7. The minimum Gasteiger partial charge on any atom is -0.497 e. The van der Waals surface area contributed by atoms with Crippen molar-refractivity contribution >= 4 is 29.3 Å². The SMILES string of the molecule is COc1ccc(CN2C(=O)Cc3c(N)nc(SC)nc32)cc1. The molecular weight excluding hydrogens is 300 g/mol. The first-order valence-corrected chi connectivity index (χ1v) is 7.98. The third kappa shape index (κ3) is 2.59. The Labute approximate surface area is 132 Å². The van der Waals surface area contributed by atoms with Crippen LogP contribution in [-0.2, 0) is 17.8 Å². The second-order valence-electron chi connectivity index (χ2n) is 4.90. The molecule has 114 valence electrons. The molecule has 6 nitrogen and oxygen atoms in total. The quantitative estimate of drug-likeness (QED) is 0.685. The van der Waals surface area contributed by atoms with Gasteiger partial charge in [0.05, 0.1) is 20.1 Å². The van der Waals surface area contributed by atoms with E-state index >= 15 is 0 Å². The van der Waals surface area contributed by atoms with Crippen LogP contribution in [0.3, 0.4) is 0 Å². The Morgan fingerprint density at radius 2 is 2.05 bits per heavy atom. The summed E-state index contributed by atoms with van der Waals surface area (Å²) < 4.78 is 5.14. The van der Waals surface area contributed by atoms with E-state index in [-0.39, 0.29) is 12.3 Å². The number of carbonyl (C=O) groups excluding carboxylic acids is 1. The van der Waals surface area contributed by atoms with Gasteiger partial charge in [-0.25, -0.2) is 9.97 Å². The fraction of sp³-hybridized carbons (Fsp3) is 0.267. The normalized spacial score (nSPS) is 13.4. The predicted molar refractivity (Wildman–Crippen MR) is 86.1 cm³/mol. The van der Waals surface area contributed by atoms with Crippen molar-refractivity contribution in [2.75, 3.05) is 24.0 Å². The Bertz CT molecular complexity index is 718. The number of nitrogens with two attached hydrogens (primary N) is 1. The second-order valence-corrected chi connectivity index (χ2v) is 5.68. The van der Waals surface area contributed by atoms with Crippen molar-refractivity contribution in [2.24, 2.45) is 0 Å². The lowest BCUT2D eigenvalue weighted by molar-refractivity contribution is -0.117. The highest BCUT2D eigenvalue weighted by Gasteiger charge is 2.31. The molecule has 7 heteroatoms. The third-order valence-corrected chi connectivity index (χ3v) is 4.11. The van der Waals surface area contributed by atoms with Crippen LogP contribution in [0.2, 0.25) is 0 Å². The maximum Gasteiger partial charge on any atom is 0.233 e. The van der Waals surface area contributed by atoms with Crippen LogP contribution in [0.1, 0.15) is 11.1 Å². The van der Waals surface area contributed by atoms with Gasteiger partial charge in [0.15, 0.2) is 5.16 Å². The maximum absolute atomic E-state index is 12.3. The first-order chi connectivity index (χ1) is 10.6. The van der Waals surface area contributed by atoms with Crippen LogP contribution >= 0.6 is 11.8 Å². The number of carbonyl (C=O) groups is 1. The van der Waals surface area contributed by atoms with Gasteiger partial charge in [-0.05, 0) is 24.0 Å². The number of fused-ring (bicyclic) bond motifs is 1. The van der Waals surface area contributed by atoms with Crippen molar-refractivity contribution in [3.63, 3.8) is 0 Å². The Morgan fingerprint density at radius 3 is 2.68 bits per heavy atom. The van der Waals surface area contributed by atoms with Gasteiger partial charge < -0.3 is 10.5 Å². The Hall–Kier alpha value is -2.28. The molecule has 0 unspecified atom stereocenters. The zero-order valence-electron chi connectivity index (χ0n) is 12.4. The Balaban J connectivity index is 1.92. The summed E-state index contributed by atoms with van der Waals surface area (Å²) in [7, 11) is 1.62. The van der Waals surface area contributed by atoms with Crippen molar-refractivity contribution < 1.29 is 9.53 Å². The summed E-state index contributed by atoms with van der Waals surface area (Å²) in [6.07, 6.45) is 2.14. The lowest BCUT2D eigenvalue weighted by atomic mass is 10.2. The molecule has 2 heterocycles. The second kappa shape index (κ2) is 5.84. The van der Waals surface area contributed by atoms with E-state index in [0.29, 0.717) is 23.3 Å². The number of anilines is 2. The molecule has 22 heavy (non-hydrogen) atoms. The van der Waals surface area contributed by atoms with Gasteiger partial charge in [0.25, 0.3) is 0 Å². The number of rotatable bonds is 4. The Morgan fingerprint density at radius 1 is 1.32 bits per heavy atom. The van der Waals surface area contributed by atoms with Crippen LogP contribution in [0.5, 0.6) is 5.75 Å². The molecule has 1 aliphatic heterocycles. The lowest BCUT2D eigenvalue weighted by Gasteiger charge is -2.17. The van der Waals surface area contributed by atoms with E-state index in [0.717, 1.165) is 16.9 Å². The number of benzene rings is 1. The number of nitrogens with zero attached hydrogens (tertiary/aromatic N) is 3. The van der Waals surface area contributed by atoms with Gasteiger partial charge in [-0.1, -0.05) is 23.9 Å². The van der Waals surface area contributed by atoms with E-state index in [9.17, 15) is 4.79 Å². The van der Waals surface area contributed by atoms with Gasteiger partial charge in [0.2, 0.25) is 5.91 Å². The number of nitrogen functional groups attached to an aromatic ring is 1. The van der Waals surface area contributed by atoms with E-state index in [4.69, 9.17) is 10.5 Å². The van der Waals surface area contributed by atoms with Crippen LogP contribution < -0.4 is 15.4 Å². The average molecular weight is 316 g/mol. The molecule has 3 rings (SSSR count). The van der Waals surface area contributed by atoms with E-state index < -0.39 is 0 Å². The molecule has 0 radical (unpaired) electrons. The highest BCUT2D eigenvalue weighted by atomic mass is 32.2. The average Bonchev–Trinajstić information content (AvgIpc) is 2.85. The molecule has 0 saturated carbocycles. The standard InChI is InChI=1S/C15H16N4O2S/c1-21-10-5-3-9(4-6-10)8-19-12(20)7-11-13(16)17-15(22-2)18-14(11)19/h3-6H,7-8H2,1-2H3,(H2,16,17,18). The van der Waals surface area contributed by atoms with Crippen LogP contribution in [0, 0.1) is 0 Å². The van der Waals surface area contributed by atoms with Crippen molar-refractivity contribution in [2.45, 2.75) is 18.1 Å². The van der Waals surface area contributed by atoms with Crippen LogP contribution in [0.4, 0.5) is 11.6 Å². The van der Waals surface area contributed by atoms with Crippen molar-refractivity contribution in [1.29, 1.82) is 0 Å². The molecule has 0 fully saturated rings. The fourth-order valence-corrected chi connectivity index (χ4v) is 2.76. The number of thioether (sulfide) groups is 1. The van der Waals surface area contributed by atoms with E-state index in [1.165, 1.54) is 11.8 Å². The first-order valence-electron chi connectivity index (χ1n) is 6.76. The van der Waals surface area contributed by atoms with Gasteiger partial charge in [0.1, 0.15) is 17.4 Å². The summed E-state index contributed by atoms with van der Waals surface area (Å²) in [6.45, 7) is 0.458. The molecule has 0 saturated heterocycles. The van der Waals surface area contributed by atoms with Gasteiger partial charge in [-0.15, -0.1) is 0 Å². The summed E-state index contributed by atoms with van der Waals surface area (Å²) >= 11 is 1.41. The number of hydrogen-bond acceptors (Lipinski definition) is 6. The molecule has 2 aromatic rings. The number of methoxy groups -OCH3 is 1. The van der Waals surface area contributed by atoms with Gasteiger partial charge in [-0.3, -0.25) is 9.69 Å². The van der Waals surface area contributed by atoms with E-state index in [1.54, 1.807) is 12.0 Å². The summed E-state index contributed by atoms with van der Waals surface area (Å²) in [5, 5.41) is 0.575. The monoisotopic (exact) mass is 316 g/mol. The lowest BCUT2D eigenvalue weighted by Crippen LogP contribution is -2.26. The van der Waals surface area contributed by atoms with Gasteiger partial charge in [-0.2, -0.15) is 0 Å².